The number of carbonyl (C=O) groups is 2. The molecule has 29 heavy (non-hydrogen) atoms. The van der Waals surface area contributed by atoms with Crippen molar-refractivity contribution in [1.29, 1.82) is 0 Å². The molecule has 0 spiro atoms. The maximum Gasteiger partial charge on any atom is 0.323 e. The van der Waals surface area contributed by atoms with Gasteiger partial charge in [0.25, 0.3) is 5.91 Å². The Hall–Kier alpha value is -3.80. The van der Waals surface area contributed by atoms with Gasteiger partial charge < -0.3 is 20.7 Å². The van der Waals surface area contributed by atoms with Crippen LogP contribution in [0.1, 0.15) is 21.5 Å². The van der Waals surface area contributed by atoms with E-state index in [0.717, 1.165) is 27.9 Å². The summed E-state index contributed by atoms with van der Waals surface area (Å²) in [5.41, 5.74) is 5.96. The van der Waals surface area contributed by atoms with Crippen LogP contribution in [0.4, 0.5) is 16.2 Å². The lowest BCUT2D eigenvalue weighted by atomic mass is 9.96. The van der Waals surface area contributed by atoms with Gasteiger partial charge in [-0.15, -0.1) is 0 Å². The minimum atomic E-state index is -0.305. The predicted molar refractivity (Wildman–Crippen MR) is 113 cm³/mol. The summed E-state index contributed by atoms with van der Waals surface area (Å²) < 4.78 is 5.35. The fourth-order valence-electron chi connectivity index (χ4n) is 3.43. The van der Waals surface area contributed by atoms with Crippen molar-refractivity contribution in [2.45, 2.75) is 13.5 Å². The summed E-state index contributed by atoms with van der Waals surface area (Å²) in [6, 6.07) is 18.5. The third kappa shape index (κ3) is 3.91. The molecule has 3 aromatic carbocycles. The van der Waals surface area contributed by atoms with Gasteiger partial charge in [-0.3, -0.25) is 4.79 Å². The Balaban J connectivity index is 1.53. The first kappa shape index (κ1) is 18.6. The van der Waals surface area contributed by atoms with Crippen molar-refractivity contribution < 1.29 is 14.3 Å². The molecule has 0 saturated carbocycles. The number of carbonyl (C=O) groups excluding carboxylic acids is 2. The SMILES string of the molecule is COc1cc2c(c(-c3ccc(NC(=O)Nc4cccc(C)c4)cc3)c1)CNC2=O. The largest absolute Gasteiger partial charge is 0.497 e. The molecule has 3 aromatic rings. The van der Waals surface area contributed by atoms with Crippen LogP contribution < -0.4 is 20.7 Å². The Labute approximate surface area is 168 Å². The number of urea groups is 1. The molecule has 1 heterocycles. The van der Waals surface area contributed by atoms with Crippen LogP contribution in [-0.2, 0) is 6.54 Å². The Morgan fingerprint density at radius 3 is 2.41 bits per heavy atom. The number of benzene rings is 3. The minimum Gasteiger partial charge on any atom is -0.497 e. The van der Waals surface area contributed by atoms with E-state index in [9.17, 15) is 9.59 Å². The molecule has 6 nitrogen and oxygen atoms in total. The quantitative estimate of drug-likeness (QED) is 0.614. The molecule has 146 valence electrons. The van der Waals surface area contributed by atoms with Gasteiger partial charge in [0.1, 0.15) is 5.75 Å². The number of fused-ring (bicyclic) bond motifs is 1. The second kappa shape index (κ2) is 7.67. The van der Waals surface area contributed by atoms with Gasteiger partial charge in [0.2, 0.25) is 0 Å². The van der Waals surface area contributed by atoms with Crippen molar-refractivity contribution in [2.24, 2.45) is 0 Å². The Morgan fingerprint density at radius 2 is 1.69 bits per heavy atom. The topological polar surface area (TPSA) is 79.5 Å². The molecule has 1 aliphatic heterocycles. The van der Waals surface area contributed by atoms with E-state index in [1.807, 2.05) is 61.5 Å². The van der Waals surface area contributed by atoms with Gasteiger partial charge >= 0.3 is 6.03 Å². The van der Waals surface area contributed by atoms with E-state index in [1.165, 1.54) is 0 Å². The summed E-state index contributed by atoms with van der Waals surface area (Å²) in [5.74, 6) is 0.543. The number of ether oxygens (including phenoxy) is 1. The van der Waals surface area contributed by atoms with Gasteiger partial charge in [0, 0.05) is 23.5 Å². The average molecular weight is 387 g/mol. The van der Waals surface area contributed by atoms with E-state index in [0.29, 0.717) is 23.5 Å². The number of methoxy groups -OCH3 is 1. The van der Waals surface area contributed by atoms with Gasteiger partial charge in [-0.05, 0) is 65.6 Å². The number of rotatable bonds is 4. The van der Waals surface area contributed by atoms with Crippen molar-refractivity contribution in [1.82, 2.24) is 5.32 Å². The first-order valence-corrected chi connectivity index (χ1v) is 9.28. The van der Waals surface area contributed by atoms with Crippen LogP contribution in [0.3, 0.4) is 0 Å². The minimum absolute atomic E-state index is 0.0914. The summed E-state index contributed by atoms with van der Waals surface area (Å²) in [6.07, 6.45) is 0. The van der Waals surface area contributed by atoms with E-state index in [2.05, 4.69) is 16.0 Å². The maximum absolute atomic E-state index is 12.2. The van der Waals surface area contributed by atoms with E-state index >= 15 is 0 Å². The number of anilines is 2. The van der Waals surface area contributed by atoms with Crippen LogP contribution in [0.15, 0.2) is 60.7 Å². The second-order valence-corrected chi connectivity index (χ2v) is 6.91. The zero-order valence-electron chi connectivity index (χ0n) is 16.2. The first-order valence-electron chi connectivity index (χ1n) is 9.28. The zero-order chi connectivity index (χ0) is 20.4. The van der Waals surface area contributed by atoms with Crippen LogP contribution in [0.5, 0.6) is 5.75 Å². The van der Waals surface area contributed by atoms with Gasteiger partial charge in [0.15, 0.2) is 0 Å². The molecule has 3 amide bonds. The Bertz CT molecular complexity index is 1090. The molecular formula is C23H21N3O3. The van der Waals surface area contributed by atoms with Crippen LogP contribution >= 0.6 is 0 Å². The zero-order valence-corrected chi connectivity index (χ0v) is 16.2. The highest BCUT2D eigenvalue weighted by atomic mass is 16.5. The summed E-state index contributed by atoms with van der Waals surface area (Å²) in [5, 5.41) is 8.50. The fourth-order valence-corrected chi connectivity index (χ4v) is 3.43. The highest BCUT2D eigenvalue weighted by Crippen LogP contribution is 2.34. The van der Waals surface area contributed by atoms with Crippen LogP contribution in [-0.4, -0.2) is 19.0 Å². The van der Waals surface area contributed by atoms with Crippen LogP contribution in [0.2, 0.25) is 0 Å². The monoisotopic (exact) mass is 387 g/mol. The molecule has 0 atom stereocenters. The lowest BCUT2D eigenvalue weighted by Gasteiger charge is -2.12. The summed E-state index contributed by atoms with van der Waals surface area (Å²) in [6.45, 7) is 2.46. The van der Waals surface area contributed by atoms with Crippen LogP contribution in [0.25, 0.3) is 11.1 Å². The number of amides is 3. The molecule has 0 unspecified atom stereocenters. The standard InChI is InChI=1S/C23H21N3O3/c1-14-4-3-5-17(10-14)26-23(28)25-16-8-6-15(7-9-16)19-11-18(29-2)12-20-21(19)13-24-22(20)27/h3-12H,13H2,1-2H3,(H,24,27)(H2,25,26,28). The molecule has 3 N–H and O–H groups in total. The molecule has 0 saturated heterocycles. The number of nitrogens with one attached hydrogen (secondary N) is 3. The molecule has 4 rings (SSSR count). The third-order valence-electron chi connectivity index (χ3n) is 4.86. The van der Waals surface area contributed by atoms with Crippen molar-refractivity contribution in [3.63, 3.8) is 0 Å². The molecule has 1 aliphatic rings. The Kier molecular flexibility index (Phi) is 4.91. The summed E-state index contributed by atoms with van der Waals surface area (Å²) in [4.78, 5) is 24.3. The second-order valence-electron chi connectivity index (χ2n) is 6.91. The number of aryl methyl sites for hydroxylation is 1. The lowest BCUT2D eigenvalue weighted by Crippen LogP contribution is -2.19. The summed E-state index contributed by atoms with van der Waals surface area (Å²) >= 11 is 0. The lowest BCUT2D eigenvalue weighted by molar-refractivity contribution is 0.0965. The normalized spacial score (nSPS) is 12.1. The number of hydrogen-bond donors (Lipinski definition) is 3. The van der Waals surface area contributed by atoms with Crippen LogP contribution in [0, 0.1) is 6.92 Å². The highest BCUT2D eigenvalue weighted by molar-refractivity contribution is 6.02. The third-order valence-corrected chi connectivity index (χ3v) is 4.86. The van der Waals surface area contributed by atoms with Crippen molar-refractivity contribution in [3.8, 4) is 16.9 Å². The van der Waals surface area contributed by atoms with E-state index in [-0.39, 0.29) is 11.9 Å². The van der Waals surface area contributed by atoms with Gasteiger partial charge in [0.05, 0.1) is 7.11 Å². The van der Waals surface area contributed by atoms with Crippen molar-refractivity contribution in [3.05, 3.63) is 77.4 Å². The van der Waals surface area contributed by atoms with Crippen molar-refractivity contribution >= 4 is 23.3 Å². The van der Waals surface area contributed by atoms with Gasteiger partial charge in [-0.2, -0.15) is 0 Å². The van der Waals surface area contributed by atoms with Gasteiger partial charge in [-0.1, -0.05) is 24.3 Å². The molecule has 0 fully saturated rings. The van der Waals surface area contributed by atoms with E-state index in [1.54, 1.807) is 13.2 Å². The molecule has 0 radical (unpaired) electrons. The molecular weight excluding hydrogens is 366 g/mol. The first-order chi connectivity index (χ1) is 14.0. The van der Waals surface area contributed by atoms with Crippen molar-refractivity contribution in [2.75, 3.05) is 17.7 Å². The average Bonchev–Trinajstić information content (AvgIpc) is 3.09. The summed E-state index contributed by atoms with van der Waals surface area (Å²) in [7, 11) is 1.58. The smallest absolute Gasteiger partial charge is 0.323 e. The predicted octanol–water partition coefficient (Wildman–Crippen LogP) is 4.56. The maximum atomic E-state index is 12.2. The number of hydrogen-bond acceptors (Lipinski definition) is 3. The molecule has 0 aromatic heterocycles. The van der Waals surface area contributed by atoms with E-state index < -0.39 is 0 Å². The Morgan fingerprint density at radius 1 is 0.966 bits per heavy atom. The molecule has 0 bridgehead atoms. The van der Waals surface area contributed by atoms with E-state index in [4.69, 9.17) is 4.74 Å². The van der Waals surface area contributed by atoms with Gasteiger partial charge in [-0.25, -0.2) is 4.79 Å². The molecule has 6 heteroatoms. The fraction of sp³-hybridized carbons (Fsp3) is 0.130. The molecule has 0 aliphatic carbocycles. The highest BCUT2D eigenvalue weighted by Gasteiger charge is 2.23.